The number of aromatic amines is 1. The Morgan fingerprint density at radius 3 is 2.65 bits per heavy atom. The summed E-state index contributed by atoms with van der Waals surface area (Å²) in [4.78, 5) is 17.9. The number of aryl methyl sites for hydroxylation is 1. The Bertz CT molecular complexity index is 1560. The van der Waals surface area contributed by atoms with E-state index >= 15 is 0 Å². The van der Waals surface area contributed by atoms with E-state index < -0.39 is 0 Å². The molecule has 3 heterocycles. The topological polar surface area (TPSA) is 104 Å². The third kappa shape index (κ3) is 4.97. The molecule has 5 aromatic rings. The van der Waals surface area contributed by atoms with Gasteiger partial charge < -0.3 is 4.74 Å². The van der Waals surface area contributed by atoms with Crippen molar-refractivity contribution in [2.24, 2.45) is 0 Å². The van der Waals surface area contributed by atoms with Gasteiger partial charge >= 0.3 is 5.69 Å². The van der Waals surface area contributed by atoms with E-state index in [1.807, 2.05) is 59.3 Å². The van der Waals surface area contributed by atoms with Crippen LogP contribution >= 0.6 is 15.9 Å². The van der Waals surface area contributed by atoms with Crippen molar-refractivity contribution in [2.45, 2.75) is 32.7 Å². The van der Waals surface area contributed by atoms with E-state index in [4.69, 9.17) is 4.74 Å². The highest BCUT2D eigenvalue weighted by molar-refractivity contribution is 9.10. The number of hydrogen-bond donors (Lipinski definition) is 1. The molecule has 2 aromatic carbocycles. The zero-order valence-corrected chi connectivity index (χ0v) is 22.1. The van der Waals surface area contributed by atoms with Gasteiger partial charge in [-0.25, -0.2) is 4.79 Å². The highest BCUT2D eigenvalue weighted by Crippen LogP contribution is 2.31. The number of unbranched alkanes of at least 4 members (excludes halogenated alkanes) is 1. The average Bonchev–Trinajstić information content (AvgIpc) is 3.57. The van der Waals surface area contributed by atoms with Crippen LogP contribution in [0.4, 0.5) is 0 Å². The summed E-state index contributed by atoms with van der Waals surface area (Å²) < 4.78 is 9.88. The van der Waals surface area contributed by atoms with E-state index in [2.05, 4.69) is 48.5 Å². The molecule has 0 atom stereocenters. The second-order valence-electron chi connectivity index (χ2n) is 8.61. The Labute approximate surface area is 222 Å². The highest BCUT2D eigenvalue weighted by atomic mass is 79.9. The maximum Gasteiger partial charge on any atom is 0.333 e. The number of nitrogens with one attached hydrogen (secondary N) is 1. The number of pyridine rings is 1. The minimum Gasteiger partial charge on any atom is -0.495 e. The third-order valence-electron chi connectivity index (χ3n) is 6.27. The van der Waals surface area contributed by atoms with Crippen molar-refractivity contribution in [3.8, 4) is 34.0 Å². The van der Waals surface area contributed by atoms with Crippen LogP contribution in [0.1, 0.15) is 31.0 Å². The molecule has 37 heavy (non-hydrogen) atoms. The van der Waals surface area contributed by atoms with Crippen LogP contribution in [-0.4, -0.2) is 41.9 Å². The lowest BCUT2D eigenvalue weighted by atomic mass is 10.00. The number of hydrogen-bond acceptors (Lipinski definition) is 6. The lowest BCUT2D eigenvalue weighted by Crippen LogP contribution is -2.25. The van der Waals surface area contributed by atoms with Gasteiger partial charge in [0.1, 0.15) is 11.4 Å². The van der Waals surface area contributed by atoms with Crippen molar-refractivity contribution in [1.29, 1.82) is 0 Å². The molecule has 0 radical (unpaired) electrons. The third-order valence-corrected chi connectivity index (χ3v) is 6.91. The Kier molecular flexibility index (Phi) is 7.27. The predicted molar refractivity (Wildman–Crippen MR) is 145 cm³/mol. The summed E-state index contributed by atoms with van der Waals surface area (Å²) in [7, 11) is 1.61. The first-order valence-corrected chi connectivity index (χ1v) is 12.8. The molecule has 1 N–H and O–H groups in total. The molecule has 0 spiro atoms. The molecule has 3 aromatic heterocycles. The second-order valence-corrected chi connectivity index (χ2v) is 9.46. The monoisotopic (exact) mass is 559 g/mol. The number of tetrazole rings is 1. The molecule has 188 valence electrons. The van der Waals surface area contributed by atoms with Gasteiger partial charge in [0.25, 0.3) is 0 Å². The van der Waals surface area contributed by atoms with Gasteiger partial charge in [0.2, 0.25) is 5.82 Å². The van der Waals surface area contributed by atoms with Gasteiger partial charge in [-0.3, -0.25) is 14.1 Å². The number of H-pyrrole nitrogens is 1. The van der Waals surface area contributed by atoms with E-state index in [-0.39, 0.29) is 5.69 Å². The summed E-state index contributed by atoms with van der Waals surface area (Å²) in [6.07, 6.45) is 8.26. The summed E-state index contributed by atoms with van der Waals surface area (Å²) >= 11 is 3.59. The smallest absolute Gasteiger partial charge is 0.333 e. The van der Waals surface area contributed by atoms with Gasteiger partial charge in [0.05, 0.1) is 13.7 Å². The molecule has 10 heteroatoms. The molecule has 9 nitrogen and oxygen atoms in total. The number of halogens is 1. The maximum atomic E-state index is 13.7. The molecule has 0 aliphatic rings. The maximum absolute atomic E-state index is 13.7. The van der Waals surface area contributed by atoms with Gasteiger partial charge in [-0.05, 0) is 68.9 Å². The number of imidazole rings is 1. The first-order valence-electron chi connectivity index (χ1n) is 12.0. The minimum atomic E-state index is -0.103. The predicted octanol–water partition coefficient (Wildman–Crippen LogP) is 5.04. The first-order chi connectivity index (χ1) is 18.1. The Morgan fingerprint density at radius 2 is 1.92 bits per heavy atom. The van der Waals surface area contributed by atoms with Crippen molar-refractivity contribution >= 4 is 15.9 Å². The van der Waals surface area contributed by atoms with E-state index in [9.17, 15) is 4.79 Å². The van der Waals surface area contributed by atoms with E-state index in [0.29, 0.717) is 23.8 Å². The molecule has 0 aliphatic heterocycles. The van der Waals surface area contributed by atoms with Crippen LogP contribution in [0.2, 0.25) is 0 Å². The summed E-state index contributed by atoms with van der Waals surface area (Å²) in [5.41, 5.74) is 5.36. The molecule has 0 aliphatic carbocycles. The number of benzene rings is 2. The first kappa shape index (κ1) is 24.6. The molecular weight excluding hydrogens is 534 g/mol. The van der Waals surface area contributed by atoms with Gasteiger partial charge in [-0.15, -0.1) is 10.2 Å². The normalized spacial score (nSPS) is 11.1. The Hall–Kier alpha value is -4.05. The highest BCUT2D eigenvalue weighted by Gasteiger charge is 2.18. The molecule has 0 saturated carbocycles. The lowest BCUT2D eigenvalue weighted by Gasteiger charge is -2.11. The fourth-order valence-corrected chi connectivity index (χ4v) is 4.92. The summed E-state index contributed by atoms with van der Waals surface area (Å²) in [5, 5.41) is 14.3. The second kappa shape index (κ2) is 10.9. The van der Waals surface area contributed by atoms with Gasteiger partial charge in [0, 0.05) is 34.3 Å². The molecular formula is C27H26BrN7O2. The van der Waals surface area contributed by atoms with Crippen LogP contribution in [-0.2, 0) is 13.0 Å². The number of para-hydroxylation sites is 1. The van der Waals surface area contributed by atoms with Gasteiger partial charge in [0.15, 0.2) is 0 Å². The van der Waals surface area contributed by atoms with Crippen molar-refractivity contribution in [3.63, 3.8) is 0 Å². The molecule has 0 saturated heterocycles. The van der Waals surface area contributed by atoms with Crippen molar-refractivity contribution in [3.05, 3.63) is 93.3 Å². The molecule has 0 bridgehead atoms. The van der Waals surface area contributed by atoms with Crippen LogP contribution < -0.4 is 10.4 Å². The molecule has 0 fully saturated rings. The van der Waals surface area contributed by atoms with Crippen LogP contribution in [0.15, 0.2) is 76.4 Å². The molecule has 0 amide bonds. The van der Waals surface area contributed by atoms with Gasteiger partial charge in [-0.1, -0.05) is 43.7 Å². The largest absolute Gasteiger partial charge is 0.495 e. The summed E-state index contributed by atoms with van der Waals surface area (Å²) in [6, 6.07) is 15.8. The van der Waals surface area contributed by atoms with Crippen molar-refractivity contribution in [2.75, 3.05) is 7.11 Å². The zero-order valence-electron chi connectivity index (χ0n) is 20.6. The van der Waals surface area contributed by atoms with Crippen LogP contribution in [0.5, 0.6) is 5.75 Å². The number of nitrogens with zero attached hydrogens (tertiary/aromatic N) is 6. The lowest BCUT2D eigenvalue weighted by molar-refractivity contribution is 0.412. The van der Waals surface area contributed by atoms with Crippen LogP contribution in [0, 0.1) is 0 Å². The van der Waals surface area contributed by atoms with E-state index in [1.165, 1.54) is 0 Å². The van der Waals surface area contributed by atoms with Gasteiger partial charge in [-0.2, -0.15) is 5.21 Å². The summed E-state index contributed by atoms with van der Waals surface area (Å²) in [6.45, 7) is 2.61. The van der Waals surface area contributed by atoms with Crippen molar-refractivity contribution in [1.82, 2.24) is 34.7 Å². The number of rotatable bonds is 9. The summed E-state index contributed by atoms with van der Waals surface area (Å²) in [5.74, 6) is 1.12. The molecule has 5 rings (SSSR count). The Morgan fingerprint density at radius 1 is 1.08 bits per heavy atom. The number of aromatic nitrogens is 7. The SMILES string of the molecule is CCCCc1cn(-c2c(Br)cccc2OC)c(=O)n1Cc1ccc(-c2ccncc2-c2nn[nH]n2)cc1. The van der Waals surface area contributed by atoms with Crippen molar-refractivity contribution < 1.29 is 4.74 Å². The van der Waals surface area contributed by atoms with E-state index in [1.54, 1.807) is 24.1 Å². The van der Waals surface area contributed by atoms with Crippen LogP contribution in [0.3, 0.4) is 0 Å². The number of methoxy groups -OCH3 is 1. The fourth-order valence-electron chi connectivity index (χ4n) is 4.38. The standard InChI is InChI=1S/C27H26BrN7O2/c1-3-4-6-20-17-35(25-23(28)7-5-8-24(25)37-2)27(36)34(20)16-18-9-11-19(12-10-18)21-13-14-29-15-22(21)26-30-32-33-31-26/h5,7-15,17H,3-4,6,16H2,1-2H3,(H,30,31,32,33). The van der Waals surface area contributed by atoms with E-state index in [0.717, 1.165) is 51.7 Å². The van der Waals surface area contributed by atoms with Crippen LogP contribution in [0.25, 0.3) is 28.2 Å². The Balaban J connectivity index is 1.50. The molecule has 0 unspecified atom stereocenters. The average molecular weight is 560 g/mol. The quantitative estimate of drug-likeness (QED) is 0.271. The number of ether oxygens (including phenoxy) is 1. The zero-order chi connectivity index (χ0) is 25.8. The fraction of sp³-hybridized carbons (Fsp3) is 0.222. The minimum absolute atomic E-state index is 0.103.